The predicted octanol–water partition coefficient (Wildman–Crippen LogP) is 3.06. The van der Waals surface area contributed by atoms with Crippen LogP contribution in [0.1, 0.15) is 36.5 Å². The van der Waals surface area contributed by atoms with Crippen molar-refractivity contribution in [2.75, 3.05) is 13.2 Å². The topological polar surface area (TPSA) is 38.3 Å². The van der Waals surface area contributed by atoms with E-state index in [9.17, 15) is 4.79 Å². The van der Waals surface area contributed by atoms with Gasteiger partial charge in [0.25, 0.3) is 0 Å². The molecule has 3 nitrogen and oxygen atoms in total. The van der Waals surface area contributed by atoms with E-state index in [1.807, 2.05) is 13.0 Å². The maximum absolute atomic E-state index is 12.2. The molecule has 1 saturated heterocycles. The highest BCUT2D eigenvalue weighted by molar-refractivity contribution is 6.34. The Morgan fingerprint density at radius 2 is 2.39 bits per heavy atom. The van der Waals surface area contributed by atoms with E-state index in [-0.39, 0.29) is 11.8 Å². The summed E-state index contributed by atoms with van der Waals surface area (Å²) in [7, 11) is 0. The molecule has 1 aromatic rings. The van der Waals surface area contributed by atoms with Crippen molar-refractivity contribution in [3.63, 3.8) is 0 Å². The fourth-order valence-corrected chi connectivity index (χ4v) is 2.37. The summed E-state index contributed by atoms with van der Waals surface area (Å²) in [5.41, 5.74) is 0.583. The fourth-order valence-electron chi connectivity index (χ4n) is 2.10. The Morgan fingerprint density at radius 1 is 1.56 bits per heavy atom. The SMILES string of the molecule is CCCOc1ccc(C(=O)C2CCCN2)c(Cl)c1. The molecule has 98 valence electrons. The molecule has 0 saturated carbocycles. The summed E-state index contributed by atoms with van der Waals surface area (Å²) in [5, 5.41) is 3.67. The minimum Gasteiger partial charge on any atom is -0.494 e. The van der Waals surface area contributed by atoms with Crippen LogP contribution in [-0.2, 0) is 0 Å². The van der Waals surface area contributed by atoms with Crippen molar-refractivity contribution in [3.8, 4) is 5.75 Å². The molecular formula is C14H18ClNO2. The molecule has 1 aliphatic heterocycles. The molecular weight excluding hydrogens is 250 g/mol. The quantitative estimate of drug-likeness (QED) is 0.834. The van der Waals surface area contributed by atoms with E-state index in [2.05, 4.69) is 5.32 Å². The van der Waals surface area contributed by atoms with Crippen LogP contribution in [0.3, 0.4) is 0 Å². The van der Waals surface area contributed by atoms with E-state index in [1.165, 1.54) is 0 Å². The normalized spacial score (nSPS) is 18.9. The summed E-state index contributed by atoms with van der Waals surface area (Å²) in [4.78, 5) is 12.2. The molecule has 1 unspecified atom stereocenters. The zero-order valence-electron chi connectivity index (χ0n) is 10.5. The molecule has 0 radical (unpaired) electrons. The van der Waals surface area contributed by atoms with Crippen molar-refractivity contribution >= 4 is 17.4 Å². The van der Waals surface area contributed by atoms with Gasteiger partial charge in [-0.1, -0.05) is 18.5 Å². The Labute approximate surface area is 112 Å². The van der Waals surface area contributed by atoms with E-state index in [0.717, 1.165) is 31.6 Å². The number of rotatable bonds is 5. The zero-order valence-corrected chi connectivity index (χ0v) is 11.3. The number of hydrogen-bond acceptors (Lipinski definition) is 3. The number of ketones is 1. The van der Waals surface area contributed by atoms with E-state index >= 15 is 0 Å². The van der Waals surface area contributed by atoms with Gasteiger partial charge >= 0.3 is 0 Å². The second-order valence-corrected chi connectivity index (χ2v) is 4.91. The van der Waals surface area contributed by atoms with Gasteiger partial charge in [-0.05, 0) is 44.0 Å². The molecule has 0 spiro atoms. The van der Waals surface area contributed by atoms with Crippen LogP contribution >= 0.6 is 11.6 Å². The summed E-state index contributed by atoms with van der Waals surface area (Å²) < 4.78 is 5.48. The van der Waals surface area contributed by atoms with Gasteiger partial charge in [0.15, 0.2) is 5.78 Å². The van der Waals surface area contributed by atoms with Gasteiger partial charge in [0.05, 0.1) is 17.7 Å². The lowest BCUT2D eigenvalue weighted by molar-refractivity contribution is 0.0952. The molecule has 1 N–H and O–H groups in total. The Morgan fingerprint density at radius 3 is 3.00 bits per heavy atom. The van der Waals surface area contributed by atoms with Gasteiger partial charge in [-0.2, -0.15) is 0 Å². The van der Waals surface area contributed by atoms with Crippen LogP contribution in [-0.4, -0.2) is 25.0 Å². The van der Waals surface area contributed by atoms with E-state index in [1.54, 1.807) is 12.1 Å². The van der Waals surface area contributed by atoms with Gasteiger partial charge in [0, 0.05) is 5.56 Å². The number of halogens is 1. The summed E-state index contributed by atoms with van der Waals surface area (Å²) in [5.74, 6) is 0.803. The average molecular weight is 268 g/mol. The van der Waals surface area contributed by atoms with Crippen molar-refractivity contribution in [3.05, 3.63) is 28.8 Å². The third-order valence-corrected chi connectivity index (χ3v) is 3.37. The molecule has 18 heavy (non-hydrogen) atoms. The van der Waals surface area contributed by atoms with Crippen LogP contribution in [0.25, 0.3) is 0 Å². The van der Waals surface area contributed by atoms with E-state index in [4.69, 9.17) is 16.3 Å². The molecule has 2 rings (SSSR count). The highest BCUT2D eigenvalue weighted by atomic mass is 35.5. The van der Waals surface area contributed by atoms with E-state index in [0.29, 0.717) is 17.2 Å². The van der Waals surface area contributed by atoms with E-state index < -0.39 is 0 Å². The number of ether oxygens (including phenoxy) is 1. The van der Waals surface area contributed by atoms with Crippen molar-refractivity contribution in [2.24, 2.45) is 0 Å². The number of Topliss-reactive ketones (excluding diaryl/α,β-unsaturated/α-hetero) is 1. The van der Waals surface area contributed by atoms with Gasteiger partial charge in [0.2, 0.25) is 0 Å². The smallest absolute Gasteiger partial charge is 0.181 e. The fraction of sp³-hybridized carbons (Fsp3) is 0.500. The lowest BCUT2D eigenvalue weighted by Crippen LogP contribution is -2.30. The van der Waals surface area contributed by atoms with Gasteiger partial charge in [-0.3, -0.25) is 4.79 Å². The number of nitrogens with one attached hydrogen (secondary N) is 1. The monoisotopic (exact) mass is 267 g/mol. The van der Waals surface area contributed by atoms with Crippen LogP contribution in [0, 0.1) is 0 Å². The van der Waals surface area contributed by atoms with Crippen molar-refractivity contribution in [1.29, 1.82) is 0 Å². The average Bonchev–Trinajstić information content (AvgIpc) is 2.89. The summed E-state index contributed by atoms with van der Waals surface area (Å²) >= 11 is 6.15. The number of carbonyl (C=O) groups excluding carboxylic acids is 1. The summed E-state index contributed by atoms with van der Waals surface area (Å²) in [6, 6.07) is 5.21. The Kier molecular flexibility index (Phi) is 4.61. The number of hydrogen-bond donors (Lipinski definition) is 1. The maximum Gasteiger partial charge on any atom is 0.181 e. The predicted molar refractivity (Wildman–Crippen MR) is 72.6 cm³/mol. The van der Waals surface area contributed by atoms with Crippen molar-refractivity contribution in [2.45, 2.75) is 32.2 Å². The van der Waals surface area contributed by atoms with Crippen LogP contribution in [0.15, 0.2) is 18.2 Å². The van der Waals surface area contributed by atoms with Crippen LogP contribution in [0.5, 0.6) is 5.75 Å². The van der Waals surface area contributed by atoms with Gasteiger partial charge in [0.1, 0.15) is 5.75 Å². The molecule has 1 atom stereocenters. The lowest BCUT2D eigenvalue weighted by Gasteiger charge is -2.11. The first kappa shape index (κ1) is 13.4. The second kappa shape index (κ2) is 6.21. The molecule has 1 aromatic carbocycles. The Balaban J connectivity index is 2.11. The largest absolute Gasteiger partial charge is 0.494 e. The second-order valence-electron chi connectivity index (χ2n) is 4.50. The minimum atomic E-state index is -0.0788. The molecule has 1 fully saturated rings. The first-order chi connectivity index (χ1) is 8.72. The van der Waals surface area contributed by atoms with Crippen molar-refractivity contribution < 1.29 is 9.53 Å². The van der Waals surface area contributed by atoms with Crippen molar-refractivity contribution in [1.82, 2.24) is 5.32 Å². The highest BCUT2D eigenvalue weighted by Crippen LogP contribution is 2.25. The number of carbonyl (C=O) groups is 1. The third-order valence-electron chi connectivity index (χ3n) is 3.06. The van der Waals surface area contributed by atoms with Crippen LogP contribution in [0.4, 0.5) is 0 Å². The first-order valence-electron chi connectivity index (χ1n) is 6.42. The molecule has 4 heteroatoms. The molecule has 0 bridgehead atoms. The maximum atomic E-state index is 12.2. The zero-order chi connectivity index (χ0) is 13.0. The molecule has 1 aliphatic rings. The molecule has 0 aromatic heterocycles. The van der Waals surface area contributed by atoms with Crippen LogP contribution in [0.2, 0.25) is 5.02 Å². The standard InChI is InChI=1S/C14H18ClNO2/c1-2-8-18-10-5-6-11(12(15)9-10)14(17)13-4-3-7-16-13/h5-6,9,13,16H,2-4,7-8H2,1H3. The molecule has 0 aliphatic carbocycles. The van der Waals surface area contributed by atoms with Crippen LogP contribution < -0.4 is 10.1 Å². The highest BCUT2D eigenvalue weighted by Gasteiger charge is 2.24. The minimum absolute atomic E-state index is 0.0788. The molecule has 0 amide bonds. The summed E-state index contributed by atoms with van der Waals surface area (Å²) in [6.45, 7) is 3.62. The van der Waals surface area contributed by atoms with Gasteiger partial charge in [-0.15, -0.1) is 0 Å². The Hall–Kier alpha value is -1.06. The lowest BCUT2D eigenvalue weighted by atomic mass is 10.0. The van der Waals surface area contributed by atoms with Gasteiger partial charge < -0.3 is 10.1 Å². The number of benzene rings is 1. The summed E-state index contributed by atoms with van der Waals surface area (Å²) in [6.07, 6.45) is 2.89. The Bertz CT molecular complexity index is 428. The first-order valence-corrected chi connectivity index (χ1v) is 6.80. The van der Waals surface area contributed by atoms with Gasteiger partial charge in [-0.25, -0.2) is 0 Å². The third kappa shape index (κ3) is 3.03. The molecule has 1 heterocycles.